The largest absolute Gasteiger partial charge is 0.293 e. The Kier molecular flexibility index (Phi) is 3.66. The molecular weight excluding hydrogens is 349 g/mol. The lowest BCUT2D eigenvalue weighted by molar-refractivity contribution is 0.0929. The van der Waals surface area contributed by atoms with Crippen molar-refractivity contribution in [1.29, 1.82) is 0 Å². The van der Waals surface area contributed by atoms with E-state index in [-0.39, 0.29) is 5.78 Å². The summed E-state index contributed by atoms with van der Waals surface area (Å²) in [4.78, 5) is 14.4. The van der Waals surface area contributed by atoms with Crippen LogP contribution in [-0.4, -0.2) is 17.2 Å². The van der Waals surface area contributed by atoms with Gasteiger partial charge in [0.15, 0.2) is 5.78 Å². The molecule has 2 aromatic rings. The van der Waals surface area contributed by atoms with Crippen molar-refractivity contribution in [2.75, 3.05) is 6.54 Å². The molecule has 1 aliphatic rings. The second-order valence-corrected chi connectivity index (χ2v) is 6.09. The highest BCUT2D eigenvalue weighted by atomic mass is 127. The Balaban J connectivity index is 1.67. The summed E-state index contributed by atoms with van der Waals surface area (Å²) in [7, 11) is 0. The van der Waals surface area contributed by atoms with Gasteiger partial charge in [-0.25, -0.2) is 0 Å². The molecule has 3 rings (SSSR count). The molecule has 0 amide bonds. The minimum atomic E-state index is 0.198. The summed E-state index contributed by atoms with van der Waals surface area (Å²) in [5.74, 6) is 0.198. The van der Waals surface area contributed by atoms with Crippen LogP contribution in [0.15, 0.2) is 48.5 Å². The Bertz CT molecular complexity index is 581. The lowest BCUT2D eigenvalue weighted by atomic mass is 10.1. The average molecular weight is 363 g/mol. The van der Waals surface area contributed by atoms with Gasteiger partial charge >= 0.3 is 0 Å². The molecule has 0 saturated heterocycles. The first-order chi connectivity index (χ1) is 9.22. The van der Waals surface area contributed by atoms with E-state index in [1.54, 1.807) is 0 Å². The number of benzene rings is 2. The molecule has 0 unspecified atom stereocenters. The van der Waals surface area contributed by atoms with Crippen LogP contribution in [0.5, 0.6) is 0 Å². The van der Waals surface area contributed by atoms with Gasteiger partial charge in [0.2, 0.25) is 0 Å². The molecule has 3 heteroatoms. The summed E-state index contributed by atoms with van der Waals surface area (Å²) in [5.41, 5.74) is 3.49. The van der Waals surface area contributed by atoms with Crippen LogP contribution in [0, 0.1) is 3.57 Å². The van der Waals surface area contributed by atoms with Crippen LogP contribution in [0.2, 0.25) is 0 Å². The number of nitrogens with zero attached hydrogens (tertiary/aromatic N) is 1. The van der Waals surface area contributed by atoms with Gasteiger partial charge in [-0.3, -0.25) is 9.69 Å². The van der Waals surface area contributed by atoms with Crippen molar-refractivity contribution < 1.29 is 4.79 Å². The van der Waals surface area contributed by atoms with Crippen LogP contribution in [-0.2, 0) is 13.1 Å². The summed E-state index contributed by atoms with van der Waals surface area (Å²) < 4.78 is 1.16. The maximum atomic E-state index is 12.2. The number of ketones is 1. The Hall–Kier alpha value is -1.20. The first-order valence-corrected chi connectivity index (χ1v) is 7.38. The summed E-state index contributed by atoms with van der Waals surface area (Å²) in [6.45, 7) is 2.26. The number of rotatable bonds is 3. The predicted molar refractivity (Wildman–Crippen MR) is 84.0 cm³/mol. The first kappa shape index (κ1) is 12.8. The van der Waals surface area contributed by atoms with Crippen molar-refractivity contribution in [3.05, 3.63) is 68.8 Å². The topological polar surface area (TPSA) is 20.3 Å². The van der Waals surface area contributed by atoms with Gasteiger partial charge in [0.1, 0.15) is 0 Å². The zero-order valence-corrected chi connectivity index (χ0v) is 12.6. The number of halogens is 1. The SMILES string of the molecule is O=C(CN1Cc2ccccc2C1)c1ccc(I)cc1. The third-order valence-electron chi connectivity index (χ3n) is 3.44. The van der Waals surface area contributed by atoms with E-state index >= 15 is 0 Å². The number of hydrogen-bond donors (Lipinski definition) is 0. The van der Waals surface area contributed by atoms with Gasteiger partial charge in [-0.05, 0) is 45.9 Å². The molecule has 0 bridgehead atoms. The molecule has 1 aliphatic heterocycles. The van der Waals surface area contributed by atoms with E-state index in [9.17, 15) is 4.79 Å². The van der Waals surface area contributed by atoms with Crippen LogP contribution >= 0.6 is 22.6 Å². The summed E-state index contributed by atoms with van der Waals surface area (Å²) in [6.07, 6.45) is 0. The Labute approximate surface area is 126 Å². The van der Waals surface area contributed by atoms with Crippen LogP contribution < -0.4 is 0 Å². The molecule has 0 spiro atoms. The molecule has 96 valence electrons. The fourth-order valence-corrected chi connectivity index (χ4v) is 2.81. The zero-order chi connectivity index (χ0) is 13.2. The lowest BCUT2D eigenvalue weighted by Gasteiger charge is -2.13. The average Bonchev–Trinajstić information content (AvgIpc) is 2.81. The molecule has 0 N–H and O–H groups in total. The number of carbonyl (C=O) groups excluding carboxylic acids is 1. The monoisotopic (exact) mass is 363 g/mol. The van der Waals surface area contributed by atoms with Crippen molar-refractivity contribution in [1.82, 2.24) is 4.90 Å². The van der Waals surface area contributed by atoms with E-state index in [1.807, 2.05) is 24.3 Å². The third-order valence-corrected chi connectivity index (χ3v) is 4.16. The van der Waals surface area contributed by atoms with Crippen LogP contribution in [0.1, 0.15) is 21.5 Å². The minimum absolute atomic E-state index is 0.198. The number of fused-ring (bicyclic) bond motifs is 1. The van der Waals surface area contributed by atoms with Crippen molar-refractivity contribution in [2.24, 2.45) is 0 Å². The van der Waals surface area contributed by atoms with E-state index < -0.39 is 0 Å². The zero-order valence-electron chi connectivity index (χ0n) is 10.5. The van der Waals surface area contributed by atoms with Crippen molar-refractivity contribution in [2.45, 2.75) is 13.1 Å². The fraction of sp³-hybridized carbons (Fsp3) is 0.188. The summed E-state index contributed by atoms with van der Waals surface area (Å²) in [5, 5.41) is 0. The third kappa shape index (κ3) is 2.87. The van der Waals surface area contributed by atoms with Gasteiger partial charge in [0, 0.05) is 22.2 Å². The Morgan fingerprint density at radius 3 is 2.16 bits per heavy atom. The van der Waals surface area contributed by atoms with Gasteiger partial charge in [0.05, 0.1) is 6.54 Å². The van der Waals surface area contributed by atoms with E-state index in [4.69, 9.17) is 0 Å². The molecule has 0 atom stereocenters. The molecule has 0 aliphatic carbocycles. The fourth-order valence-electron chi connectivity index (χ4n) is 2.45. The van der Waals surface area contributed by atoms with Gasteiger partial charge in [-0.15, -0.1) is 0 Å². The van der Waals surface area contributed by atoms with Crippen molar-refractivity contribution in [3.63, 3.8) is 0 Å². The maximum absolute atomic E-state index is 12.2. The first-order valence-electron chi connectivity index (χ1n) is 6.30. The highest BCUT2D eigenvalue weighted by Crippen LogP contribution is 2.22. The van der Waals surface area contributed by atoms with E-state index in [0.717, 1.165) is 22.2 Å². The Morgan fingerprint density at radius 2 is 1.58 bits per heavy atom. The van der Waals surface area contributed by atoms with E-state index in [1.165, 1.54) is 11.1 Å². The second-order valence-electron chi connectivity index (χ2n) is 4.84. The molecule has 0 radical (unpaired) electrons. The van der Waals surface area contributed by atoms with Gasteiger partial charge in [0.25, 0.3) is 0 Å². The quantitative estimate of drug-likeness (QED) is 0.615. The normalized spacial score (nSPS) is 14.4. The van der Waals surface area contributed by atoms with E-state index in [0.29, 0.717) is 6.54 Å². The molecule has 1 heterocycles. The van der Waals surface area contributed by atoms with Gasteiger partial charge in [-0.1, -0.05) is 36.4 Å². The highest BCUT2D eigenvalue weighted by molar-refractivity contribution is 14.1. The predicted octanol–water partition coefficient (Wildman–Crippen LogP) is 3.49. The molecule has 0 saturated carbocycles. The maximum Gasteiger partial charge on any atom is 0.176 e. The Morgan fingerprint density at radius 1 is 1.00 bits per heavy atom. The highest BCUT2D eigenvalue weighted by Gasteiger charge is 2.20. The second kappa shape index (κ2) is 5.43. The molecule has 2 nitrogen and oxygen atoms in total. The van der Waals surface area contributed by atoms with Crippen molar-refractivity contribution >= 4 is 28.4 Å². The lowest BCUT2D eigenvalue weighted by Crippen LogP contribution is -2.24. The number of hydrogen-bond acceptors (Lipinski definition) is 2. The number of Topliss-reactive ketones (excluding diaryl/α,β-unsaturated/α-hetero) is 1. The minimum Gasteiger partial charge on any atom is -0.293 e. The smallest absolute Gasteiger partial charge is 0.176 e. The van der Waals surface area contributed by atoms with Crippen molar-refractivity contribution in [3.8, 4) is 0 Å². The van der Waals surface area contributed by atoms with Gasteiger partial charge < -0.3 is 0 Å². The molecule has 19 heavy (non-hydrogen) atoms. The summed E-state index contributed by atoms with van der Waals surface area (Å²) in [6, 6.07) is 16.2. The van der Waals surface area contributed by atoms with Crippen LogP contribution in [0.3, 0.4) is 0 Å². The molecular formula is C16H14INO. The van der Waals surface area contributed by atoms with E-state index in [2.05, 4.69) is 51.8 Å². The standard InChI is InChI=1S/C16H14INO/c17-15-7-5-12(6-8-15)16(19)11-18-9-13-3-1-2-4-14(13)10-18/h1-8H,9-11H2. The van der Waals surface area contributed by atoms with Gasteiger partial charge in [-0.2, -0.15) is 0 Å². The van der Waals surface area contributed by atoms with Crippen LogP contribution in [0.25, 0.3) is 0 Å². The number of carbonyl (C=O) groups is 1. The molecule has 0 fully saturated rings. The summed E-state index contributed by atoms with van der Waals surface area (Å²) >= 11 is 2.25. The molecule has 2 aromatic carbocycles. The van der Waals surface area contributed by atoms with Crippen LogP contribution in [0.4, 0.5) is 0 Å². The molecule has 0 aromatic heterocycles.